The number of hydrogen-bond acceptors (Lipinski definition) is 6. The van der Waals surface area contributed by atoms with Gasteiger partial charge in [0.25, 0.3) is 0 Å². The highest BCUT2D eigenvalue weighted by Crippen LogP contribution is 2.34. The van der Waals surface area contributed by atoms with Crippen molar-refractivity contribution >= 4 is 27.3 Å². The molecule has 1 aromatic carbocycles. The molecule has 1 aromatic rings. The molecule has 0 aromatic heterocycles. The van der Waals surface area contributed by atoms with Crippen molar-refractivity contribution in [1.82, 2.24) is 5.32 Å². The van der Waals surface area contributed by atoms with E-state index in [4.69, 9.17) is 9.47 Å². The van der Waals surface area contributed by atoms with Crippen LogP contribution in [0.15, 0.2) is 18.2 Å². The van der Waals surface area contributed by atoms with Crippen molar-refractivity contribution in [2.45, 2.75) is 18.9 Å². The van der Waals surface area contributed by atoms with E-state index in [1.807, 2.05) is 0 Å². The van der Waals surface area contributed by atoms with Gasteiger partial charge >= 0.3 is 0 Å². The molecule has 9 heteroatoms. The average molecular weight is 340 g/mol. The molecule has 1 saturated heterocycles. The number of rotatable bonds is 4. The molecule has 1 atom stereocenters. The maximum Gasteiger partial charge on any atom is 0.233 e. The van der Waals surface area contributed by atoms with Gasteiger partial charge in [0.1, 0.15) is 6.42 Å². The fourth-order valence-electron chi connectivity index (χ4n) is 2.51. The average Bonchev–Trinajstić information content (AvgIpc) is 3.04. The van der Waals surface area contributed by atoms with Crippen LogP contribution < -0.4 is 20.1 Å². The lowest BCUT2D eigenvalue weighted by atomic mass is 10.2. The highest BCUT2D eigenvalue weighted by molar-refractivity contribution is 7.91. The van der Waals surface area contributed by atoms with Crippen molar-refractivity contribution in [3.8, 4) is 11.5 Å². The summed E-state index contributed by atoms with van der Waals surface area (Å²) in [5.74, 6) is 0.156. The van der Waals surface area contributed by atoms with Crippen LogP contribution in [0, 0.1) is 0 Å². The zero-order valence-corrected chi connectivity index (χ0v) is 13.0. The topological polar surface area (TPSA) is 111 Å². The number of fused-ring (bicyclic) bond motifs is 1. The maximum absolute atomic E-state index is 11.9. The van der Waals surface area contributed by atoms with Gasteiger partial charge in [0.05, 0.1) is 11.5 Å². The van der Waals surface area contributed by atoms with E-state index in [2.05, 4.69) is 10.6 Å². The molecule has 3 rings (SSSR count). The monoisotopic (exact) mass is 340 g/mol. The van der Waals surface area contributed by atoms with E-state index in [9.17, 15) is 18.0 Å². The van der Waals surface area contributed by atoms with Gasteiger partial charge in [-0.15, -0.1) is 0 Å². The minimum atomic E-state index is -3.06. The van der Waals surface area contributed by atoms with E-state index in [1.165, 1.54) is 0 Å². The van der Waals surface area contributed by atoms with E-state index < -0.39 is 27.7 Å². The standard InChI is InChI=1S/C14H16N2O6S/c17-13(6-14(18)16-10-3-4-23(19,20)7-10)15-9-1-2-11-12(5-9)22-8-21-11/h1-2,5,10H,3-4,6-8H2,(H,15,17)(H,16,18). The van der Waals surface area contributed by atoms with Crippen molar-refractivity contribution in [2.24, 2.45) is 0 Å². The third-order valence-corrected chi connectivity index (χ3v) is 5.34. The number of carbonyl (C=O) groups excluding carboxylic acids is 2. The Morgan fingerprint density at radius 2 is 1.96 bits per heavy atom. The summed E-state index contributed by atoms with van der Waals surface area (Å²) in [6, 6.07) is 4.52. The number of amides is 2. The molecule has 2 aliphatic rings. The fraction of sp³-hybridized carbons (Fsp3) is 0.429. The first kappa shape index (κ1) is 15.6. The minimum Gasteiger partial charge on any atom is -0.454 e. The normalized spacial score (nSPS) is 21.0. The molecule has 0 bridgehead atoms. The smallest absolute Gasteiger partial charge is 0.233 e. The molecule has 0 saturated carbocycles. The van der Waals surface area contributed by atoms with Crippen LogP contribution in [-0.2, 0) is 19.4 Å². The van der Waals surface area contributed by atoms with E-state index in [-0.39, 0.29) is 24.7 Å². The van der Waals surface area contributed by atoms with Gasteiger partial charge in [-0.2, -0.15) is 0 Å². The largest absolute Gasteiger partial charge is 0.454 e. The molecule has 0 spiro atoms. The Hall–Kier alpha value is -2.29. The van der Waals surface area contributed by atoms with Crippen LogP contribution in [0.2, 0.25) is 0 Å². The minimum absolute atomic E-state index is 0.0669. The van der Waals surface area contributed by atoms with Gasteiger partial charge < -0.3 is 20.1 Å². The van der Waals surface area contributed by atoms with Gasteiger partial charge in [0, 0.05) is 17.8 Å². The predicted molar refractivity (Wildman–Crippen MR) is 81.0 cm³/mol. The number of hydrogen-bond donors (Lipinski definition) is 2. The molecular weight excluding hydrogens is 324 g/mol. The molecule has 2 heterocycles. The Labute approximate surface area is 133 Å². The second-order valence-corrected chi connectivity index (χ2v) is 7.69. The number of anilines is 1. The summed E-state index contributed by atoms with van der Waals surface area (Å²) in [6.07, 6.45) is 0.0167. The van der Waals surface area contributed by atoms with Crippen molar-refractivity contribution in [3.63, 3.8) is 0 Å². The molecule has 8 nitrogen and oxygen atoms in total. The van der Waals surface area contributed by atoms with Crippen LogP contribution in [0.25, 0.3) is 0 Å². The van der Waals surface area contributed by atoms with Crippen LogP contribution >= 0.6 is 0 Å². The molecule has 2 N–H and O–H groups in total. The first-order valence-electron chi connectivity index (χ1n) is 7.10. The van der Waals surface area contributed by atoms with Gasteiger partial charge in [-0.3, -0.25) is 9.59 Å². The number of sulfone groups is 1. The van der Waals surface area contributed by atoms with Crippen LogP contribution in [0.1, 0.15) is 12.8 Å². The van der Waals surface area contributed by atoms with Gasteiger partial charge in [-0.25, -0.2) is 8.42 Å². The number of carbonyl (C=O) groups is 2. The van der Waals surface area contributed by atoms with Crippen molar-refractivity contribution < 1.29 is 27.5 Å². The molecule has 0 radical (unpaired) electrons. The van der Waals surface area contributed by atoms with Gasteiger partial charge in [0.2, 0.25) is 18.6 Å². The van der Waals surface area contributed by atoms with E-state index >= 15 is 0 Å². The first-order chi connectivity index (χ1) is 10.9. The van der Waals surface area contributed by atoms with E-state index in [1.54, 1.807) is 18.2 Å². The van der Waals surface area contributed by atoms with Crippen molar-refractivity contribution in [2.75, 3.05) is 23.6 Å². The van der Waals surface area contributed by atoms with Gasteiger partial charge in [0.15, 0.2) is 21.3 Å². The van der Waals surface area contributed by atoms with Crippen LogP contribution in [0.3, 0.4) is 0 Å². The molecule has 124 valence electrons. The lowest BCUT2D eigenvalue weighted by Crippen LogP contribution is -2.37. The van der Waals surface area contributed by atoms with E-state index in [0.29, 0.717) is 23.6 Å². The Morgan fingerprint density at radius 1 is 1.17 bits per heavy atom. The third kappa shape index (κ3) is 3.92. The molecule has 0 aliphatic carbocycles. The highest BCUT2D eigenvalue weighted by Gasteiger charge is 2.29. The van der Waals surface area contributed by atoms with Crippen LogP contribution in [0.5, 0.6) is 11.5 Å². The summed E-state index contributed by atoms with van der Waals surface area (Å²) in [7, 11) is -3.06. The lowest BCUT2D eigenvalue weighted by Gasteiger charge is -2.11. The highest BCUT2D eigenvalue weighted by atomic mass is 32.2. The second kappa shape index (κ2) is 6.07. The predicted octanol–water partition coefficient (Wildman–Crippen LogP) is 0.0472. The van der Waals surface area contributed by atoms with Crippen molar-refractivity contribution in [1.29, 1.82) is 0 Å². The summed E-state index contributed by atoms with van der Waals surface area (Å²) in [5.41, 5.74) is 0.496. The SMILES string of the molecule is O=C(CC(=O)NC1CCS(=O)(=O)C1)Nc1ccc2c(c1)OCO2. The Bertz CT molecular complexity index is 746. The van der Waals surface area contributed by atoms with Gasteiger partial charge in [-0.05, 0) is 18.6 Å². The Morgan fingerprint density at radius 3 is 2.70 bits per heavy atom. The summed E-state index contributed by atoms with van der Waals surface area (Å²) in [4.78, 5) is 23.6. The first-order valence-corrected chi connectivity index (χ1v) is 8.93. The van der Waals surface area contributed by atoms with Crippen LogP contribution in [0.4, 0.5) is 5.69 Å². The zero-order chi connectivity index (χ0) is 16.4. The summed E-state index contributed by atoms with van der Waals surface area (Å²) < 4.78 is 33.0. The van der Waals surface area contributed by atoms with Crippen LogP contribution in [-0.4, -0.2) is 44.6 Å². The number of benzene rings is 1. The number of ether oxygens (including phenoxy) is 2. The lowest BCUT2D eigenvalue weighted by molar-refractivity contribution is -0.127. The molecule has 23 heavy (non-hydrogen) atoms. The van der Waals surface area contributed by atoms with Crippen molar-refractivity contribution in [3.05, 3.63) is 18.2 Å². The van der Waals surface area contributed by atoms with E-state index in [0.717, 1.165) is 0 Å². The summed E-state index contributed by atoms with van der Waals surface area (Å²) in [5, 5.41) is 5.16. The second-order valence-electron chi connectivity index (χ2n) is 5.46. The maximum atomic E-state index is 11.9. The Balaban J connectivity index is 1.50. The third-order valence-electron chi connectivity index (χ3n) is 3.57. The molecule has 1 fully saturated rings. The fourth-order valence-corrected chi connectivity index (χ4v) is 4.19. The summed E-state index contributed by atoms with van der Waals surface area (Å²) >= 11 is 0. The molecule has 2 aliphatic heterocycles. The van der Waals surface area contributed by atoms with Gasteiger partial charge in [-0.1, -0.05) is 0 Å². The molecule has 2 amide bonds. The quantitative estimate of drug-likeness (QED) is 0.749. The Kier molecular flexibility index (Phi) is 4.12. The number of nitrogens with one attached hydrogen (secondary N) is 2. The zero-order valence-electron chi connectivity index (χ0n) is 12.2. The molecule has 1 unspecified atom stereocenters. The molecular formula is C14H16N2O6S. The summed E-state index contributed by atoms with van der Waals surface area (Å²) in [6.45, 7) is 0.138.